The molecule has 0 fully saturated rings. The second-order valence-electron chi connectivity index (χ2n) is 2.92. The molecule has 0 aliphatic rings. The molecule has 0 atom stereocenters. The molecule has 0 heterocycles. The van der Waals surface area contributed by atoms with Gasteiger partial charge in [-0.25, -0.2) is 0 Å². The van der Waals surface area contributed by atoms with Crippen molar-refractivity contribution in [2.24, 2.45) is 21.6 Å². The van der Waals surface area contributed by atoms with Crippen LogP contribution in [-0.2, 0) is 0 Å². The predicted octanol–water partition coefficient (Wildman–Crippen LogP) is 1.60. The molecule has 0 saturated carbocycles. The summed E-state index contributed by atoms with van der Waals surface area (Å²) in [5.41, 5.74) is 8.07. The van der Waals surface area contributed by atoms with Gasteiger partial charge in [-0.05, 0) is 19.6 Å². The Labute approximate surface area is 74.1 Å². The van der Waals surface area contributed by atoms with Gasteiger partial charge in [0, 0.05) is 7.05 Å². The Kier molecular flexibility index (Phi) is 4.26. The first-order chi connectivity index (χ1) is 5.54. The van der Waals surface area contributed by atoms with Crippen LogP contribution in [0.3, 0.4) is 0 Å². The molecule has 68 valence electrons. The summed E-state index contributed by atoms with van der Waals surface area (Å²) < 4.78 is 0. The van der Waals surface area contributed by atoms with Crippen LogP contribution in [0.2, 0.25) is 0 Å². The summed E-state index contributed by atoms with van der Waals surface area (Å²) in [5.74, 6) is 0.326. The second kappa shape index (κ2) is 4.70. The molecule has 3 heteroatoms. The highest BCUT2D eigenvalue weighted by molar-refractivity contribution is 6.01. The Morgan fingerprint density at radius 1 is 1.42 bits per heavy atom. The van der Waals surface area contributed by atoms with Crippen LogP contribution < -0.4 is 5.73 Å². The van der Waals surface area contributed by atoms with Crippen molar-refractivity contribution in [3.8, 4) is 0 Å². The van der Waals surface area contributed by atoms with Crippen LogP contribution in [0, 0.1) is 5.92 Å². The number of allylic oxidation sites excluding steroid dienone is 2. The van der Waals surface area contributed by atoms with E-state index in [-0.39, 0.29) is 0 Å². The van der Waals surface area contributed by atoms with Crippen molar-refractivity contribution in [2.75, 3.05) is 7.05 Å². The second-order valence-corrected chi connectivity index (χ2v) is 2.92. The van der Waals surface area contributed by atoms with Gasteiger partial charge in [-0.3, -0.25) is 9.98 Å². The van der Waals surface area contributed by atoms with Crippen molar-refractivity contribution >= 4 is 12.4 Å². The lowest BCUT2D eigenvalue weighted by Crippen LogP contribution is -2.18. The van der Waals surface area contributed by atoms with Gasteiger partial charge in [0.25, 0.3) is 0 Å². The molecule has 0 spiro atoms. The Bertz CT molecular complexity index is 224. The third-order valence-electron chi connectivity index (χ3n) is 1.69. The van der Waals surface area contributed by atoms with Crippen LogP contribution in [0.5, 0.6) is 0 Å². The number of nitrogens with two attached hydrogens (primary N) is 1. The lowest BCUT2D eigenvalue weighted by atomic mass is 10.0. The summed E-state index contributed by atoms with van der Waals surface area (Å²) in [4.78, 5) is 7.87. The van der Waals surface area contributed by atoms with E-state index in [2.05, 4.69) is 16.7 Å². The van der Waals surface area contributed by atoms with Crippen molar-refractivity contribution in [1.82, 2.24) is 0 Å². The first-order valence-corrected chi connectivity index (χ1v) is 3.94. The molecule has 0 aliphatic carbocycles. The Hall–Kier alpha value is -1.12. The smallest absolute Gasteiger partial charge is 0.0746 e. The number of rotatable bonds is 3. The molecule has 0 aliphatic heterocycles. The molecule has 0 unspecified atom stereocenters. The van der Waals surface area contributed by atoms with Gasteiger partial charge in [-0.15, -0.1) is 0 Å². The number of nitrogens with zero attached hydrogens (tertiary/aromatic N) is 2. The average Bonchev–Trinajstić information content (AvgIpc) is 2.03. The quantitative estimate of drug-likeness (QED) is 0.638. The fourth-order valence-electron chi connectivity index (χ4n) is 0.960. The zero-order chi connectivity index (χ0) is 9.72. The van der Waals surface area contributed by atoms with E-state index in [0.29, 0.717) is 11.6 Å². The minimum Gasteiger partial charge on any atom is -0.396 e. The maximum Gasteiger partial charge on any atom is 0.0746 e. The maximum absolute atomic E-state index is 5.80. The number of hydrogen-bond acceptors (Lipinski definition) is 3. The molecule has 0 bridgehead atoms. The Morgan fingerprint density at radius 2 is 1.92 bits per heavy atom. The first kappa shape index (κ1) is 10.9. The predicted molar refractivity (Wildman–Crippen MR) is 54.6 cm³/mol. The van der Waals surface area contributed by atoms with E-state index in [1.165, 1.54) is 0 Å². The summed E-state index contributed by atoms with van der Waals surface area (Å²) in [7, 11) is 1.73. The molecular weight excluding hydrogens is 150 g/mol. The Morgan fingerprint density at radius 3 is 2.17 bits per heavy atom. The lowest BCUT2D eigenvalue weighted by Gasteiger charge is -2.10. The molecule has 2 N–H and O–H groups in total. The van der Waals surface area contributed by atoms with Crippen molar-refractivity contribution in [2.45, 2.75) is 20.8 Å². The zero-order valence-electron chi connectivity index (χ0n) is 8.26. The van der Waals surface area contributed by atoms with Gasteiger partial charge in [0.1, 0.15) is 0 Å². The molecular formula is C9H17N3. The van der Waals surface area contributed by atoms with Gasteiger partial charge in [0.05, 0.1) is 17.1 Å². The van der Waals surface area contributed by atoms with Crippen LogP contribution in [0.25, 0.3) is 0 Å². The minimum atomic E-state index is 0.326. The van der Waals surface area contributed by atoms with E-state index in [0.717, 1.165) is 11.4 Å². The molecule has 0 aromatic rings. The van der Waals surface area contributed by atoms with Gasteiger partial charge < -0.3 is 5.73 Å². The van der Waals surface area contributed by atoms with Gasteiger partial charge in [-0.1, -0.05) is 13.8 Å². The van der Waals surface area contributed by atoms with Crippen LogP contribution in [-0.4, -0.2) is 19.5 Å². The largest absolute Gasteiger partial charge is 0.396 e. The van der Waals surface area contributed by atoms with Crippen LogP contribution in [0.4, 0.5) is 0 Å². The van der Waals surface area contributed by atoms with Gasteiger partial charge >= 0.3 is 0 Å². The monoisotopic (exact) mass is 167 g/mol. The van der Waals surface area contributed by atoms with Crippen LogP contribution >= 0.6 is 0 Å². The summed E-state index contributed by atoms with van der Waals surface area (Å²) in [6.07, 6.45) is 0. The van der Waals surface area contributed by atoms with Crippen LogP contribution in [0.1, 0.15) is 20.8 Å². The third-order valence-corrected chi connectivity index (χ3v) is 1.69. The minimum absolute atomic E-state index is 0.326. The molecule has 0 aromatic heterocycles. The van der Waals surface area contributed by atoms with Crippen molar-refractivity contribution in [3.63, 3.8) is 0 Å². The van der Waals surface area contributed by atoms with Gasteiger partial charge in [0.2, 0.25) is 0 Å². The molecule has 0 rings (SSSR count). The first-order valence-electron chi connectivity index (χ1n) is 3.94. The SMILES string of the molecule is C=N/C(C)=C(/N)C(=NC)C(C)C. The normalized spacial score (nSPS) is 14.6. The van der Waals surface area contributed by atoms with Gasteiger partial charge in [0.15, 0.2) is 0 Å². The summed E-state index contributed by atoms with van der Waals surface area (Å²) in [6.45, 7) is 9.34. The van der Waals surface area contributed by atoms with Crippen molar-refractivity contribution in [3.05, 3.63) is 11.4 Å². The fraction of sp³-hybridized carbons (Fsp3) is 0.556. The Balaban J connectivity index is 4.89. The third kappa shape index (κ3) is 2.49. The van der Waals surface area contributed by atoms with Gasteiger partial charge in [-0.2, -0.15) is 0 Å². The molecule has 0 saturated heterocycles. The summed E-state index contributed by atoms with van der Waals surface area (Å²) in [5, 5.41) is 0. The average molecular weight is 167 g/mol. The van der Waals surface area contributed by atoms with Crippen LogP contribution in [0.15, 0.2) is 21.4 Å². The number of hydrogen-bond donors (Lipinski definition) is 1. The van der Waals surface area contributed by atoms with E-state index in [1.807, 2.05) is 20.8 Å². The van der Waals surface area contributed by atoms with E-state index >= 15 is 0 Å². The maximum atomic E-state index is 5.80. The van der Waals surface area contributed by atoms with E-state index in [1.54, 1.807) is 7.05 Å². The lowest BCUT2D eigenvalue weighted by molar-refractivity contribution is 0.874. The highest BCUT2D eigenvalue weighted by Gasteiger charge is 2.09. The summed E-state index contributed by atoms with van der Waals surface area (Å²) >= 11 is 0. The van der Waals surface area contributed by atoms with E-state index in [4.69, 9.17) is 5.73 Å². The van der Waals surface area contributed by atoms with E-state index < -0.39 is 0 Å². The van der Waals surface area contributed by atoms with E-state index in [9.17, 15) is 0 Å². The zero-order valence-corrected chi connectivity index (χ0v) is 8.26. The molecule has 0 radical (unpaired) electrons. The molecule has 12 heavy (non-hydrogen) atoms. The fourth-order valence-corrected chi connectivity index (χ4v) is 0.960. The van der Waals surface area contributed by atoms with Crippen molar-refractivity contribution in [1.29, 1.82) is 0 Å². The highest BCUT2D eigenvalue weighted by atomic mass is 14.8. The highest BCUT2D eigenvalue weighted by Crippen LogP contribution is 2.08. The molecule has 0 aromatic carbocycles. The summed E-state index contributed by atoms with van der Waals surface area (Å²) in [6, 6.07) is 0. The molecule has 0 amide bonds. The topological polar surface area (TPSA) is 50.7 Å². The number of aliphatic imine (C=N–C) groups is 2. The van der Waals surface area contributed by atoms with Crippen molar-refractivity contribution < 1.29 is 0 Å². The molecule has 3 nitrogen and oxygen atoms in total. The standard InChI is InChI=1S/C9H17N3/c1-6(2)9(12-5)8(10)7(3)11-4/h6H,4,10H2,1-3,5H3/b8-7+,12-9?.